The Bertz CT molecular complexity index is 1180. The Kier molecular flexibility index (Phi) is 4.06. The molecule has 8 heteroatoms. The lowest BCUT2D eigenvalue weighted by molar-refractivity contribution is -0.137. The summed E-state index contributed by atoms with van der Waals surface area (Å²) in [6, 6.07) is 8.13. The first-order valence-corrected chi connectivity index (χ1v) is 8.33. The fourth-order valence-corrected chi connectivity index (χ4v) is 3.33. The number of phenolic OH excluding ortho intramolecular Hbond substituents is 1. The number of halogens is 3. The van der Waals surface area contributed by atoms with Gasteiger partial charge in [-0.1, -0.05) is 12.1 Å². The number of phenols is 1. The van der Waals surface area contributed by atoms with Crippen LogP contribution < -0.4 is 4.74 Å². The normalized spacial score (nSPS) is 12.0. The number of ether oxygens (including phenoxy) is 1. The second kappa shape index (κ2) is 6.33. The molecular formula is C20H15F3N2O3. The van der Waals surface area contributed by atoms with Crippen LogP contribution in [0.5, 0.6) is 17.4 Å². The third-order valence-corrected chi connectivity index (χ3v) is 4.65. The quantitative estimate of drug-likeness (QED) is 0.535. The number of methoxy groups -OCH3 is 1. The summed E-state index contributed by atoms with van der Waals surface area (Å²) >= 11 is 0. The largest absolute Gasteiger partial charge is 0.505 e. The molecule has 4 aromatic rings. The Morgan fingerprint density at radius 2 is 1.79 bits per heavy atom. The van der Waals surface area contributed by atoms with Gasteiger partial charge in [0.1, 0.15) is 11.3 Å². The lowest BCUT2D eigenvalue weighted by Crippen LogP contribution is -2.05. The number of hydrogen-bond acceptors (Lipinski definition) is 4. The summed E-state index contributed by atoms with van der Waals surface area (Å²) in [5.74, 6) is 0.0330. The van der Waals surface area contributed by atoms with Crippen molar-refractivity contribution in [1.29, 1.82) is 0 Å². The first-order chi connectivity index (χ1) is 13.3. The molecule has 0 spiro atoms. The van der Waals surface area contributed by atoms with E-state index in [1.165, 1.54) is 30.0 Å². The molecule has 2 heterocycles. The van der Waals surface area contributed by atoms with E-state index in [9.17, 15) is 23.4 Å². The number of nitrogens with zero attached hydrogens (tertiary/aromatic N) is 2. The molecule has 0 aliphatic heterocycles. The molecule has 0 saturated carbocycles. The molecule has 144 valence electrons. The minimum absolute atomic E-state index is 0.116. The van der Waals surface area contributed by atoms with Crippen molar-refractivity contribution < 1.29 is 28.1 Å². The van der Waals surface area contributed by atoms with E-state index in [-0.39, 0.29) is 29.1 Å². The number of aromatic hydroxyl groups is 2. The smallest absolute Gasteiger partial charge is 0.416 e. The zero-order valence-corrected chi connectivity index (χ0v) is 14.7. The molecule has 0 fully saturated rings. The van der Waals surface area contributed by atoms with Crippen molar-refractivity contribution >= 4 is 21.7 Å². The summed E-state index contributed by atoms with van der Waals surface area (Å²) in [5.41, 5.74) is 0.106. The lowest BCUT2D eigenvalue weighted by Gasteiger charge is -2.09. The van der Waals surface area contributed by atoms with Crippen LogP contribution in [-0.2, 0) is 12.7 Å². The van der Waals surface area contributed by atoms with Crippen LogP contribution in [0.2, 0.25) is 0 Å². The number of rotatable bonds is 3. The molecule has 2 N–H and O–H groups in total. The number of hydrogen-bond donors (Lipinski definition) is 2. The van der Waals surface area contributed by atoms with E-state index in [1.54, 1.807) is 18.3 Å². The summed E-state index contributed by atoms with van der Waals surface area (Å²) in [6.45, 7) is 0.116. The van der Waals surface area contributed by atoms with Gasteiger partial charge in [-0.25, -0.2) is 0 Å². The van der Waals surface area contributed by atoms with Gasteiger partial charge in [-0.15, -0.1) is 0 Å². The van der Waals surface area contributed by atoms with Crippen LogP contribution in [0.15, 0.2) is 48.8 Å². The predicted octanol–water partition coefficient (Wildman–Crippen LogP) is 4.68. The highest BCUT2D eigenvalue weighted by atomic mass is 19.4. The van der Waals surface area contributed by atoms with Gasteiger partial charge < -0.3 is 19.5 Å². The van der Waals surface area contributed by atoms with Crippen molar-refractivity contribution in [2.75, 3.05) is 7.11 Å². The fraction of sp³-hybridized carbons (Fsp3) is 0.150. The minimum atomic E-state index is -4.41. The molecule has 2 aromatic heterocycles. The van der Waals surface area contributed by atoms with Crippen molar-refractivity contribution in [3.63, 3.8) is 0 Å². The molecule has 2 aromatic carbocycles. The van der Waals surface area contributed by atoms with Gasteiger partial charge in [0.15, 0.2) is 5.75 Å². The zero-order chi connectivity index (χ0) is 20.1. The molecule has 0 radical (unpaired) electrons. The number of benzene rings is 2. The van der Waals surface area contributed by atoms with Gasteiger partial charge in [0.05, 0.1) is 30.0 Å². The highest BCUT2D eigenvalue weighted by Crippen LogP contribution is 2.45. The summed E-state index contributed by atoms with van der Waals surface area (Å²) in [5, 5.41) is 22.5. The van der Waals surface area contributed by atoms with Crippen molar-refractivity contribution in [2.24, 2.45) is 0 Å². The molecule has 0 amide bonds. The molecule has 0 atom stereocenters. The van der Waals surface area contributed by atoms with E-state index < -0.39 is 11.7 Å². The van der Waals surface area contributed by atoms with Crippen molar-refractivity contribution in [1.82, 2.24) is 9.55 Å². The van der Waals surface area contributed by atoms with E-state index in [0.29, 0.717) is 22.1 Å². The van der Waals surface area contributed by atoms with Gasteiger partial charge in [-0.05, 0) is 29.8 Å². The van der Waals surface area contributed by atoms with Crippen LogP contribution in [0, 0.1) is 0 Å². The molecular weight excluding hydrogens is 373 g/mol. The van der Waals surface area contributed by atoms with Crippen molar-refractivity contribution in [3.05, 3.63) is 59.9 Å². The Hall–Kier alpha value is -3.42. The maximum Gasteiger partial charge on any atom is 0.416 e. The van der Waals surface area contributed by atoms with Crippen LogP contribution >= 0.6 is 0 Å². The second-order valence-electron chi connectivity index (χ2n) is 6.35. The average molecular weight is 388 g/mol. The van der Waals surface area contributed by atoms with Crippen molar-refractivity contribution in [2.45, 2.75) is 12.7 Å². The highest BCUT2D eigenvalue weighted by molar-refractivity contribution is 6.11. The van der Waals surface area contributed by atoms with Gasteiger partial charge in [0.2, 0.25) is 5.88 Å². The van der Waals surface area contributed by atoms with Crippen LogP contribution in [-0.4, -0.2) is 26.9 Å². The maximum absolute atomic E-state index is 12.7. The SMILES string of the molecule is COc1c2cccnc2c(O)c2c(O)n(Cc3ccc(C(F)(F)F)cc3)cc12. The van der Waals surface area contributed by atoms with Crippen LogP contribution in [0.25, 0.3) is 21.7 Å². The molecule has 28 heavy (non-hydrogen) atoms. The van der Waals surface area contributed by atoms with Gasteiger partial charge in [0, 0.05) is 17.8 Å². The summed E-state index contributed by atoms with van der Waals surface area (Å²) < 4.78 is 45.1. The van der Waals surface area contributed by atoms with Gasteiger partial charge in [-0.3, -0.25) is 4.98 Å². The molecule has 5 nitrogen and oxygen atoms in total. The summed E-state index contributed by atoms with van der Waals surface area (Å²) in [7, 11) is 1.47. The first kappa shape index (κ1) is 18.0. The number of fused-ring (bicyclic) bond motifs is 2. The predicted molar refractivity (Wildman–Crippen MR) is 97.7 cm³/mol. The Morgan fingerprint density at radius 3 is 2.43 bits per heavy atom. The minimum Gasteiger partial charge on any atom is -0.505 e. The zero-order valence-electron chi connectivity index (χ0n) is 14.7. The fourth-order valence-electron chi connectivity index (χ4n) is 3.33. The van der Waals surface area contributed by atoms with E-state index >= 15 is 0 Å². The first-order valence-electron chi connectivity index (χ1n) is 8.33. The average Bonchev–Trinajstić information content (AvgIpc) is 2.98. The molecule has 4 rings (SSSR count). The molecule has 0 saturated heterocycles. The Labute approximate surface area is 157 Å². The molecule has 0 aliphatic carbocycles. The molecule has 0 bridgehead atoms. The van der Waals surface area contributed by atoms with Crippen LogP contribution in [0.4, 0.5) is 13.2 Å². The van der Waals surface area contributed by atoms with Crippen molar-refractivity contribution in [3.8, 4) is 17.4 Å². The third-order valence-electron chi connectivity index (χ3n) is 4.65. The maximum atomic E-state index is 12.7. The Balaban J connectivity index is 1.84. The van der Waals surface area contributed by atoms with Gasteiger partial charge in [0.25, 0.3) is 0 Å². The standard InChI is InChI=1S/C20H15F3N2O3/c1-28-18-13-3-2-8-24-16(13)17(26)15-14(18)10-25(19(15)27)9-11-4-6-12(7-5-11)20(21,22)23/h2-8,10,26-27H,9H2,1H3. The Morgan fingerprint density at radius 1 is 1.07 bits per heavy atom. The van der Waals surface area contributed by atoms with E-state index in [1.807, 2.05) is 0 Å². The van der Waals surface area contributed by atoms with E-state index in [4.69, 9.17) is 4.74 Å². The van der Waals surface area contributed by atoms with E-state index in [0.717, 1.165) is 12.1 Å². The van der Waals surface area contributed by atoms with Crippen LogP contribution in [0.1, 0.15) is 11.1 Å². The lowest BCUT2D eigenvalue weighted by atomic mass is 10.1. The highest BCUT2D eigenvalue weighted by Gasteiger charge is 2.30. The summed E-state index contributed by atoms with van der Waals surface area (Å²) in [4.78, 5) is 4.15. The topological polar surface area (TPSA) is 67.5 Å². The monoisotopic (exact) mass is 388 g/mol. The molecule has 0 aliphatic rings. The number of aromatic nitrogens is 2. The van der Waals surface area contributed by atoms with Gasteiger partial charge >= 0.3 is 6.18 Å². The summed E-state index contributed by atoms with van der Waals surface area (Å²) in [6.07, 6.45) is -1.30. The van der Waals surface area contributed by atoms with Crippen LogP contribution in [0.3, 0.4) is 0 Å². The third kappa shape index (κ3) is 2.77. The number of pyridine rings is 1. The van der Waals surface area contributed by atoms with Gasteiger partial charge in [-0.2, -0.15) is 13.2 Å². The second-order valence-corrected chi connectivity index (χ2v) is 6.35. The number of alkyl halides is 3. The van der Waals surface area contributed by atoms with E-state index in [2.05, 4.69) is 4.98 Å². The molecule has 0 unspecified atom stereocenters.